The maximum atomic E-state index is 12.3. The number of sulfonamides is 2. The molecule has 132 valence electrons. The second-order valence-corrected chi connectivity index (χ2v) is 8.16. The molecule has 0 saturated heterocycles. The molecule has 2 rings (SSSR count). The van der Waals surface area contributed by atoms with Gasteiger partial charge in [-0.05, 0) is 48.0 Å². The van der Waals surface area contributed by atoms with Crippen molar-refractivity contribution in [1.82, 2.24) is 0 Å². The van der Waals surface area contributed by atoms with E-state index in [1.807, 2.05) is 0 Å². The number of carboxylic acids is 1. The molecule has 0 aliphatic carbocycles. The largest absolute Gasteiger partial charge is 0.478 e. The average molecular weight is 382 g/mol. The number of carboxylic acid groups (broad SMARTS) is 1. The maximum absolute atomic E-state index is 12.3. The molecule has 0 unspecified atom stereocenters. The lowest BCUT2D eigenvalue weighted by atomic mass is 10.2. The van der Waals surface area contributed by atoms with E-state index in [1.54, 1.807) is 0 Å². The summed E-state index contributed by atoms with van der Waals surface area (Å²) in [4.78, 5) is 10.3. The highest BCUT2D eigenvalue weighted by Gasteiger charge is 2.14. The Morgan fingerprint density at radius 1 is 0.920 bits per heavy atom. The van der Waals surface area contributed by atoms with Gasteiger partial charge in [-0.2, -0.15) is 0 Å². The van der Waals surface area contributed by atoms with E-state index < -0.39 is 26.0 Å². The molecule has 0 spiro atoms. The molecule has 10 heteroatoms. The van der Waals surface area contributed by atoms with Crippen LogP contribution in [0.25, 0.3) is 6.08 Å². The summed E-state index contributed by atoms with van der Waals surface area (Å²) >= 11 is 0. The Morgan fingerprint density at radius 2 is 1.44 bits per heavy atom. The van der Waals surface area contributed by atoms with Crippen molar-refractivity contribution in [3.63, 3.8) is 0 Å². The van der Waals surface area contributed by atoms with Crippen LogP contribution >= 0.6 is 0 Å². The highest BCUT2D eigenvalue weighted by atomic mass is 32.2. The van der Waals surface area contributed by atoms with E-state index in [9.17, 15) is 21.6 Å². The predicted octanol–water partition coefficient (Wildman–Crippen LogP) is 1.23. The monoisotopic (exact) mass is 382 g/mol. The molecule has 0 heterocycles. The lowest BCUT2D eigenvalue weighted by molar-refractivity contribution is -0.131. The van der Waals surface area contributed by atoms with Crippen LogP contribution in [0, 0.1) is 0 Å². The minimum absolute atomic E-state index is 0.0319. The van der Waals surface area contributed by atoms with Crippen molar-refractivity contribution in [2.24, 2.45) is 5.14 Å². The summed E-state index contributed by atoms with van der Waals surface area (Å²) in [6, 6.07) is 10.5. The molecule has 0 aliphatic rings. The second kappa shape index (κ2) is 7.05. The van der Waals surface area contributed by atoms with Crippen molar-refractivity contribution >= 4 is 37.8 Å². The fourth-order valence-corrected chi connectivity index (χ4v) is 3.43. The molecule has 25 heavy (non-hydrogen) atoms. The van der Waals surface area contributed by atoms with E-state index in [-0.39, 0.29) is 15.5 Å². The summed E-state index contributed by atoms with van der Waals surface area (Å²) in [5.74, 6) is -1.11. The van der Waals surface area contributed by atoms with E-state index in [4.69, 9.17) is 10.2 Å². The van der Waals surface area contributed by atoms with Gasteiger partial charge in [-0.1, -0.05) is 12.1 Å². The lowest BCUT2D eigenvalue weighted by Crippen LogP contribution is -2.14. The van der Waals surface area contributed by atoms with E-state index in [0.29, 0.717) is 5.56 Å². The second-order valence-electron chi connectivity index (χ2n) is 4.92. The number of benzene rings is 2. The van der Waals surface area contributed by atoms with Crippen LogP contribution in [0.5, 0.6) is 0 Å². The molecule has 0 bridgehead atoms. The molecule has 0 saturated carbocycles. The van der Waals surface area contributed by atoms with Crippen molar-refractivity contribution in [2.45, 2.75) is 9.79 Å². The molecule has 2 aromatic rings. The summed E-state index contributed by atoms with van der Waals surface area (Å²) in [6.07, 6.45) is 2.27. The first kappa shape index (κ1) is 18.6. The van der Waals surface area contributed by atoms with Crippen LogP contribution in [0.2, 0.25) is 0 Å². The number of anilines is 1. The summed E-state index contributed by atoms with van der Waals surface area (Å²) in [7, 11) is -7.74. The quantitative estimate of drug-likeness (QED) is 0.641. The highest BCUT2D eigenvalue weighted by molar-refractivity contribution is 7.92. The molecule has 0 aliphatic heterocycles. The molecule has 2 aromatic carbocycles. The zero-order chi connectivity index (χ0) is 18.7. The van der Waals surface area contributed by atoms with Crippen molar-refractivity contribution in [1.29, 1.82) is 0 Å². The van der Waals surface area contributed by atoms with Crippen molar-refractivity contribution < 1.29 is 26.7 Å². The number of primary sulfonamides is 1. The van der Waals surface area contributed by atoms with Crippen molar-refractivity contribution in [3.8, 4) is 0 Å². The van der Waals surface area contributed by atoms with Gasteiger partial charge in [-0.25, -0.2) is 26.8 Å². The van der Waals surface area contributed by atoms with Crippen LogP contribution in [0.3, 0.4) is 0 Å². The van der Waals surface area contributed by atoms with Gasteiger partial charge in [0.05, 0.1) is 9.79 Å². The fourth-order valence-electron chi connectivity index (χ4n) is 1.85. The molecule has 0 radical (unpaired) electrons. The average Bonchev–Trinajstić information content (AvgIpc) is 2.52. The van der Waals surface area contributed by atoms with Gasteiger partial charge < -0.3 is 5.11 Å². The molecule has 0 amide bonds. The first-order valence-corrected chi connectivity index (χ1v) is 9.78. The van der Waals surface area contributed by atoms with Crippen molar-refractivity contribution in [2.75, 3.05) is 4.72 Å². The number of aliphatic carboxylic acids is 1. The Hall–Kier alpha value is -2.69. The fraction of sp³-hybridized carbons (Fsp3) is 0. The lowest BCUT2D eigenvalue weighted by Gasteiger charge is -2.09. The Balaban J connectivity index is 2.20. The Labute approximate surface area is 144 Å². The smallest absolute Gasteiger partial charge is 0.328 e. The number of hydrogen-bond acceptors (Lipinski definition) is 5. The number of hydrogen-bond donors (Lipinski definition) is 3. The number of nitrogens with one attached hydrogen (secondary N) is 1. The highest BCUT2D eigenvalue weighted by Crippen LogP contribution is 2.18. The number of nitrogens with two attached hydrogens (primary N) is 1. The molecular formula is C15H14N2O6S2. The van der Waals surface area contributed by atoms with E-state index in [2.05, 4.69) is 4.72 Å². The summed E-state index contributed by atoms with van der Waals surface area (Å²) in [5.41, 5.74) is 0.695. The maximum Gasteiger partial charge on any atom is 0.328 e. The Morgan fingerprint density at radius 3 is 1.92 bits per heavy atom. The van der Waals surface area contributed by atoms with Gasteiger partial charge in [-0.15, -0.1) is 0 Å². The summed E-state index contributed by atoms with van der Waals surface area (Å²) in [6.45, 7) is 0. The third-order valence-electron chi connectivity index (χ3n) is 3.04. The van der Waals surface area contributed by atoms with Crippen LogP contribution < -0.4 is 9.86 Å². The van der Waals surface area contributed by atoms with Gasteiger partial charge >= 0.3 is 5.97 Å². The third kappa shape index (κ3) is 5.14. The van der Waals surface area contributed by atoms with Crippen LogP contribution in [-0.2, 0) is 24.8 Å². The number of rotatable bonds is 6. The minimum Gasteiger partial charge on any atom is -0.478 e. The topological polar surface area (TPSA) is 144 Å². The van der Waals surface area contributed by atoms with Crippen LogP contribution in [-0.4, -0.2) is 27.9 Å². The molecule has 0 atom stereocenters. The zero-order valence-electron chi connectivity index (χ0n) is 12.7. The van der Waals surface area contributed by atoms with Crippen molar-refractivity contribution in [3.05, 3.63) is 60.2 Å². The SMILES string of the molecule is NS(=O)(=O)c1ccc(NS(=O)(=O)c2ccc(/C=C/C(=O)O)cc2)cc1. The van der Waals surface area contributed by atoms with Gasteiger partial charge in [0, 0.05) is 11.8 Å². The van der Waals surface area contributed by atoms with Crippen LogP contribution in [0.15, 0.2) is 64.4 Å². The van der Waals surface area contributed by atoms with E-state index >= 15 is 0 Å². The van der Waals surface area contributed by atoms with E-state index in [0.717, 1.165) is 6.08 Å². The van der Waals surface area contributed by atoms with Gasteiger partial charge in [0.25, 0.3) is 10.0 Å². The Kier molecular flexibility index (Phi) is 5.26. The van der Waals surface area contributed by atoms with Crippen LogP contribution in [0.1, 0.15) is 5.56 Å². The molecule has 4 N–H and O–H groups in total. The van der Waals surface area contributed by atoms with Gasteiger partial charge in [-0.3, -0.25) is 4.72 Å². The molecular weight excluding hydrogens is 368 g/mol. The van der Waals surface area contributed by atoms with Gasteiger partial charge in [0.15, 0.2) is 0 Å². The van der Waals surface area contributed by atoms with Crippen LogP contribution in [0.4, 0.5) is 5.69 Å². The summed E-state index contributed by atoms with van der Waals surface area (Å²) < 4.78 is 49.2. The first-order chi connectivity index (χ1) is 11.6. The molecule has 0 aromatic heterocycles. The zero-order valence-corrected chi connectivity index (χ0v) is 14.3. The van der Waals surface area contributed by atoms with E-state index in [1.165, 1.54) is 54.6 Å². The third-order valence-corrected chi connectivity index (χ3v) is 5.37. The summed E-state index contributed by atoms with van der Waals surface area (Å²) in [5, 5.41) is 13.5. The van der Waals surface area contributed by atoms with Gasteiger partial charge in [0.1, 0.15) is 0 Å². The minimum atomic E-state index is -3.88. The first-order valence-electron chi connectivity index (χ1n) is 6.75. The standard InChI is InChI=1S/C15H14N2O6S2/c16-24(20,21)13-8-4-12(5-9-13)17-25(22,23)14-6-1-11(2-7-14)3-10-15(18)19/h1-10,17H,(H,18,19)(H2,16,20,21)/b10-3+. The normalized spacial score (nSPS) is 12.2. The molecule has 0 fully saturated rings. The number of carbonyl (C=O) groups is 1. The molecule has 8 nitrogen and oxygen atoms in total. The predicted molar refractivity (Wildman–Crippen MR) is 91.7 cm³/mol. The Bertz CT molecular complexity index is 1010. The van der Waals surface area contributed by atoms with Gasteiger partial charge in [0.2, 0.25) is 10.0 Å².